The Labute approximate surface area is 181 Å². The van der Waals surface area contributed by atoms with Crippen molar-refractivity contribution in [3.05, 3.63) is 97.1 Å². The lowest BCUT2D eigenvalue weighted by Crippen LogP contribution is -1.92. The Morgan fingerprint density at radius 2 is 0.967 bits per heavy atom. The van der Waals surface area contributed by atoms with Crippen LogP contribution in [-0.4, -0.2) is 20.1 Å². The van der Waals surface area contributed by atoms with Crippen LogP contribution in [0.4, 0.5) is 0 Å². The van der Waals surface area contributed by atoms with E-state index >= 15 is 0 Å². The van der Waals surface area contributed by atoms with Crippen LogP contribution in [-0.2, 0) is 0 Å². The molecule has 0 saturated carbocycles. The average molecular weight is 393 g/mol. The molecule has 0 bridgehead atoms. The molecular weight excluding hydrogens is 377 g/mol. The second-order valence-electron chi connectivity index (χ2n) is 8.06. The number of hydrogen-bond acceptors (Lipinski definition) is 0. The molecule has 0 aliphatic heterocycles. The minimum atomic E-state index is 1.25. The van der Waals surface area contributed by atoms with Crippen molar-refractivity contribution in [2.75, 3.05) is 0 Å². The normalized spacial score (nSPS) is 12.1. The number of aromatic nitrogens is 1. The first kappa shape index (κ1) is 16.5. The Kier molecular flexibility index (Phi) is 3.22. The standard InChI is InChI=1S/C28H16N.Al/c1-2-8-18-16-26-25(15-17(18)7-1)24-14-13-23-21-11-4-3-9-19(21)20-10-5-6-12-22(20)27(23)28(24)29-26;/h1-16H;/q-1;+1. The fourth-order valence-electron chi connectivity index (χ4n) is 5.21. The van der Waals surface area contributed by atoms with E-state index in [9.17, 15) is 0 Å². The molecule has 7 aromatic rings. The minimum Gasteiger partial charge on any atom is -0.451 e. The van der Waals surface area contributed by atoms with Crippen LogP contribution in [0.15, 0.2) is 97.1 Å². The van der Waals surface area contributed by atoms with Gasteiger partial charge in [-0.2, -0.15) is 0 Å². The molecule has 2 radical (unpaired) electrons. The molecule has 1 nitrogen and oxygen atoms in total. The summed E-state index contributed by atoms with van der Waals surface area (Å²) in [5, 5.41) is 13.1. The van der Waals surface area contributed by atoms with E-state index in [0.29, 0.717) is 0 Å². The van der Waals surface area contributed by atoms with Crippen LogP contribution in [0.1, 0.15) is 0 Å². The topological polar surface area (TPSA) is 4.93 Å². The van der Waals surface area contributed by atoms with E-state index in [2.05, 4.69) is 117 Å². The summed E-state index contributed by atoms with van der Waals surface area (Å²) in [6.07, 6.45) is 0. The Balaban J connectivity index is 1.82. The molecule has 1 aromatic heterocycles. The maximum absolute atomic E-state index is 2.97. The number of hydrogen-bond donors (Lipinski definition) is 0. The third-order valence-electron chi connectivity index (χ3n) is 6.54. The average Bonchev–Trinajstić information content (AvgIpc) is 3.09. The highest BCUT2D eigenvalue weighted by molar-refractivity contribution is 6.36. The van der Waals surface area contributed by atoms with Crippen molar-refractivity contribution in [3.63, 3.8) is 0 Å². The molecular formula is C28H16AlN. The summed E-state index contributed by atoms with van der Waals surface area (Å²) in [5.74, 6) is 0. The molecule has 0 aliphatic carbocycles. The fourth-order valence-corrected chi connectivity index (χ4v) is 5.69. The van der Waals surface area contributed by atoms with Crippen molar-refractivity contribution < 1.29 is 0 Å². The molecule has 1 heterocycles. The third kappa shape index (κ3) is 2.03. The lowest BCUT2D eigenvalue weighted by Gasteiger charge is -2.13. The first-order valence-corrected chi connectivity index (χ1v) is 10.8. The van der Waals surface area contributed by atoms with E-state index in [-0.39, 0.29) is 0 Å². The number of fused-ring (bicyclic) bond motifs is 11. The molecule has 136 valence electrons. The van der Waals surface area contributed by atoms with E-state index in [1.807, 2.05) is 0 Å². The quantitative estimate of drug-likeness (QED) is 0.188. The number of rotatable bonds is 0. The maximum Gasteiger partial charge on any atom is 0.318 e. The van der Waals surface area contributed by atoms with Crippen LogP contribution < -0.4 is 0 Å². The van der Waals surface area contributed by atoms with Gasteiger partial charge in [-0.25, -0.2) is 0 Å². The summed E-state index contributed by atoms with van der Waals surface area (Å²) >= 11 is 2.97. The fraction of sp³-hybridized carbons (Fsp3) is 0. The number of nitrogens with zero attached hydrogens (tertiary/aromatic N) is 1. The van der Waals surface area contributed by atoms with Crippen LogP contribution in [0, 0.1) is 0 Å². The lowest BCUT2D eigenvalue weighted by atomic mass is 9.93. The van der Waals surface area contributed by atoms with E-state index in [1.165, 1.54) is 64.9 Å². The zero-order chi connectivity index (χ0) is 19.8. The van der Waals surface area contributed by atoms with Gasteiger partial charge in [0.2, 0.25) is 0 Å². The highest BCUT2D eigenvalue weighted by atomic mass is 27.1. The monoisotopic (exact) mass is 393 g/mol. The van der Waals surface area contributed by atoms with E-state index in [4.69, 9.17) is 0 Å². The molecule has 0 N–H and O–H groups in total. The van der Waals surface area contributed by atoms with Crippen molar-refractivity contribution in [2.45, 2.75) is 0 Å². The second-order valence-corrected chi connectivity index (χ2v) is 8.58. The predicted octanol–water partition coefficient (Wildman–Crippen LogP) is 7.34. The van der Waals surface area contributed by atoms with Gasteiger partial charge in [0, 0.05) is 27.2 Å². The summed E-state index contributed by atoms with van der Waals surface area (Å²) in [5.41, 5.74) is 2.53. The highest BCUT2D eigenvalue weighted by Crippen LogP contribution is 2.41. The van der Waals surface area contributed by atoms with Gasteiger partial charge in [0.15, 0.2) is 0 Å². The highest BCUT2D eigenvalue weighted by Gasteiger charge is 2.15. The van der Waals surface area contributed by atoms with Gasteiger partial charge in [-0.1, -0.05) is 84.9 Å². The van der Waals surface area contributed by atoms with E-state index < -0.39 is 0 Å². The van der Waals surface area contributed by atoms with Crippen molar-refractivity contribution >= 4 is 81.4 Å². The molecule has 30 heavy (non-hydrogen) atoms. The van der Waals surface area contributed by atoms with Crippen LogP contribution in [0.3, 0.4) is 0 Å². The Bertz CT molecular complexity index is 1770. The summed E-state index contributed by atoms with van der Waals surface area (Å²) in [6, 6.07) is 35.5. The molecule has 6 aromatic carbocycles. The van der Waals surface area contributed by atoms with Crippen LogP contribution in [0.5, 0.6) is 0 Å². The van der Waals surface area contributed by atoms with E-state index in [0.717, 1.165) is 0 Å². The van der Waals surface area contributed by atoms with Crippen LogP contribution >= 0.6 is 0 Å². The van der Waals surface area contributed by atoms with Gasteiger partial charge < -0.3 is 3.55 Å². The smallest absolute Gasteiger partial charge is 0.318 e. The molecule has 0 spiro atoms. The molecule has 2 heteroatoms. The summed E-state index contributed by atoms with van der Waals surface area (Å²) in [7, 11) is 0. The molecule has 0 amide bonds. The van der Waals surface area contributed by atoms with Gasteiger partial charge in [0.1, 0.15) is 0 Å². The van der Waals surface area contributed by atoms with Gasteiger partial charge in [-0.3, -0.25) is 0 Å². The van der Waals surface area contributed by atoms with Gasteiger partial charge >= 0.3 is 16.5 Å². The molecule has 0 unspecified atom stereocenters. The largest absolute Gasteiger partial charge is 0.451 e. The Hall–Kier alpha value is -3.31. The van der Waals surface area contributed by atoms with Gasteiger partial charge in [0.05, 0.1) is 0 Å². The summed E-state index contributed by atoms with van der Waals surface area (Å²) < 4.78 is 2.31. The molecule has 0 saturated heterocycles. The molecule has 0 aliphatic rings. The lowest BCUT2D eigenvalue weighted by molar-refractivity contribution is 1.41. The second kappa shape index (κ2) is 5.86. The van der Waals surface area contributed by atoms with Crippen LogP contribution in [0.2, 0.25) is 0 Å². The molecule has 7 rings (SSSR count). The number of benzene rings is 6. The van der Waals surface area contributed by atoms with Crippen molar-refractivity contribution in [3.8, 4) is 0 Å². The summed E-state index contributed by atoms with van der Waals surface area (Å²) in [4.78, 5) is 0. The zero-order valence-corrected chi connectivity index (χ0v) is 17.4. The maximum atomic E-state index is 2.97. The first-order chi connectivity index (χ1) is 14.8. The SMILES string of the molecule is [Al][n]1c2cc3ccccc3cc2c2ccc3c4ccccc4c4ccccc4c3c21. The van der Waals surface area contributed by atoms with Crippen molar-refractivity contribution in [1.29, 1.82) is 0 Å². The minimum absolute atomic E-state index is 1.25. The third-order valence-corrected chi connectivity index (χ3v) is 7.07. The van der Waals surface area contributed by atoms with Crippen LogP contribution in [0.25, 0.3) is 64.9 Å². The van der Waals surface area contributed by atoms with Gasteiger partial charge in [-0.15, -0.1) is 0 Å². The molecule has 0 fully saturated rings. The van der Waals surface area contributed by atoms with Gasteiger partial charge in [-0.05, 0) is 49.8 Å². The van der Waals surface area contributed by atoms with E-state index in [1.54, 1.807) is 0 Å². The first-order valence-electron chi connectivity index (χ1n) is 10.3. The van der Waals surface area contributed by atoms with Crippen molar-refractivity contribution in [1.82, 2.24) is 3.55 Å². The molecule has 0 atom stereocenters. The predicted molar refractivity (Wildman–Crippen MR) is 131 cm³/mol. The van der Waals surface area contributed by atoms with Gasteiger partial charge in [0.25, 0.3) is 0 Å². The summed E-state index contributed by atoms with van der Waals surface area (Å²) in [6.45, 7) is 0. The zero-order valence-electron chi connectivity index (χ0n) is 16.3. The Morgan fingerprint density at radius 1 is 0.467 bits per heavy atom. The Morgan fingerprint density at radius 3 is 1.67 bits per heavy atom. The van der Waals surface area contributed by atoms with Crippen molar-refractivity contribution in [2.24, 2.45) is 0 Å².